The highest BCUT2D eigenvalue weighted by Crippen LogP contribution is 2.33. The molecule has 0 amide bonds. The fraction of sp³-hybridized carbons (Fsp3) is 0.238. The minimum Gasteiger partial charge on any atom is -0.504 e. The number of nitrogens with two attached hydrogens (primary N) is 2. The van der Waals surface area contributed by atoms with Gasteiger partial charge in [-0.05, 0) is 36.8 Å². The van der Waals surface area contributed by atoms with Crippen molar-refractivity contribution in [3.8, 4) is 23.0 Å². The zero-order valence-electron chi connectivity index (χ0n) is 18.7. The minimum atomic E-state index is -0.667. The first-order valence-electron chi connectivity index (χ1n) is 10.6. The fourth-order valence-electron chi connectivity index (χ4n) is 3.51. The maximum Gasteiger partial charge on any atom is 0.204 e. The van der Waals surface area contributed by atoms with E-state index < -0.39 is 6.17 Å². The van der Waals surface area contributed by atoms with Gasteiger partial charge in [0.25, 0.3) is 0 Å². The number of benzene rings is 2. The smallest absolute Gasteiger partial charge is 0.204 e. The number of aromatic hydroxyl groups is 4. The summed E-state index contributed by atoms with van der Waals surface area (Å²) in [6.45, 7) is 1.86. The molecule has 14 heteroatoms. The average molecular weight is 483 g/mol. The van der Waals surface area contributed by atoms with E-state index in [2.05, 4.69) is 41.2 Å². The van der Waals surface area contributed by atoms with E-state index >= 15 is 0 Å². The van der Waals surface area contributed by atoms with Crippen molar-refractivity contribution < 1.29 is 20.4 Å². The molecule has 184 valence electrons. The summed E-state index contributed by atoms with van der Waals surface area (Å²) in [5.74, 6) is -0.321. The van der Waals surface area contributed by atoms with Gasteiger partial charge in [-0.2, -0.15) is 0 Å². The van der Waals surface area contributed by atoms with Crippen LogP contribution in [0.15, 0.2) is 50.3 Å². The molecule has 0 bridgehead atoms. The van der Waals surface area contributed by atoms with Crippen LogP contribution in [0, 0.1) is 0 Å². The summed E-state index contributed by atoms with van der Waals surface area (Å²) >= 11 is 0. The van der Waals surface area contributed by atoms with Crippen molar-refractivity contribution in [1.29, 1.82) is 0 Å². The van der Waals surface area contributed by atoms with E-state index in [9.17, 15) is 20.4 Å². The Morgan fingerprint density at radius 2 is 1.74 bits per heavy atom. The van der Waals surface area contributed by atoms with E-state index in [1.165, 1.54) is 12.1 Å². The van der Waals surface area contributed by atoms with Crippen molar-refractivity contribution in [2.75, 3.05) is 5.32 Å². The van der Waals surface area contributed by atoms with Crippen LogP contribution < -0.4 is 32.7 Å². The second-order valence-corrected chi connectivity index (χ2v) is 7.85. The quantitative estimate of drug-likeness (QED) is 0.245. The van der Waals surface area contributed by atoms with Gasteiger partial charge in [0, 0.05) is 12.0 Å². The molecule has 14 nitrogen and oxygen atoms in total. The topological polar surface area (TPSA) is 231 Å². The minimum absolute atomic E-state index is 0.0487. The first-order chi connectivity index (χ1) is 16.7. The molecule has 0 aromatic heterocycles. The van der Waals surface area contributed by atoms with Crippen LogP contribution in [0.3, 0.4) is 0 Å². The first-order valence-corrected chi connectivity index (χ1v) is 10.6. The number of para-hydroxylation sites is 1. The molecule has 0 spiro atoms. The summed E-state index contributed by atoms with van der Waals surface area (Å²) in [6, 6.07) is 7.55. The Balaban J connectivity index is 1.52. The molecular formula is C21H26N10O4. The molecule has 0 saturated carbocycles. The van der Waals surface area contributed by atoms with Crippen LogP contribution in [0.4, 0.5) is 5.69 Å². The Kier molecular flexibility index (Phi) is 6.35. The summed E-state index contributed by atoms with van der Waals surface area (Å²) in [6.07, 6.45) is -0.682. The zero-order chi connectivity index (χ0) is 25.1. The van der Waals surface area contributed by atoms with Crippen LogP contribution in [-0.4, -0.2) is 56.6 Å². The molecule has 0 aliphatic carbocycles. The molecule has 2 aromatic carbocycles. The number of nitrogens with zero attached hydrogens (tertiary/aromatic N) is 4. The van der Waals surface area contributed by atoms with E-state index in [1.54, 1.807) is 18.2 Å². The highest BCUT2D eigenvalue weighted by atomic mass is 16.3. The average Bonchev–Trinajstić information content (AvgIpc) is 2.77. The number of phenolic OH excluding ortho intramolecular Hbond substituents is 4. The van der Waals surface area contributed by atoms with Gasteiger partial charge in [-0.25, -0.2) is 20.0 Å². The Morgan fingerprint density at radius 3 is 2.51 bits per heavy atom. The van der Waals surface area contributed by atoms with Crippen LogP contribution in [0.1, 0.15) is 18.1 Å². The number of hydrogen-bond donors (Lipinski definition) is 10. The second kappa shape index (κ2) is 9.54. The maximum atomic E-state index is 10.3. The van der Waals surface area contributed by atoms with Crippen LogP contribution in [-0.2, 0) is 13.0 Å². The van der Waals surface area contributed by atoms with Crippen molar-refractivity contribution in [3.63, 3.8) is 0 Å². The normalized spacial score (nSPS) is 20.6. The first kappa shape index (κ1) is 23.3. The Morgan fingerprint density at radius 1 is 0.971 bits per heavy atom. The van der Waals surface area contributed by atoms with Gasteiger partial charge in [0.05, 0.1) is 12.2 Å². The highest BCUT2D eigenvalue weighted by Gasteiger charge is 2.19. The number of guanidine groups is 4. The lowest BCUT2D eigenvalue weighted by Crippen LogP contribution is -2.52. The zero-order valence-corrected chi connectivity index (χ0v) is 18.7. The van der Waals surface area contributed by atoms with Crippen molar-refractivity contribution in [1.82, 2.24) is 16.0 Å². The predicted octanol–water partition coefficient (Wildman–Crippen LogP) is -0.527. The van der Waals surface area contributed by atoms with Crippen LogP contribution in [0.2, 0.25) is 0 Å². The summed E-state index contributed by atoms with van der Waals surface area (Å²) in [5.41, 5.74) is 12.8. The number of rotatable bonds is 5. The van der Waals surface area contributed by atoms with E-state index in [-0.39, 0.29) is 65.7 Å². The van der Waals surface area contributed by atoms with Gasteiger partial charge in [-0.3, -0.25) is 10.6 Å². The van der Waals surface area contributed by atoms with Crippen LogP contribution in [0.25, 0.3) is 0 Å². The molecule has 0 radical (unpaired) electrons. The molecule has 2 heterocycles. The Bertz CT molecular complexity index is 1260. The molecule has 0 fully saturated rings. The van der Waals surface area contributed by atoms with Gasteiger partial charge >= 0.3 is 0 Å². The standard InChI is InChI=1S/C21H26N10O4/c1-9-25-18(22)30-20(26-9)24-8-11-5-10(6-14(33)16(11)34)7-15-28-19(23)31-21(29-15)27-12-3-2-4-13(32)17(12)35/h2-6,9,15,32-35H,7-8H2,1H3,(H4,22,24,25,26,30)(H4,23,27,28,29,31). The van der Waals surface area contributed by atoms with Crippen LogP contribution in [0.5, 0.6) is 23.0 Å². The largest absolute Gasteiger partial charge is 0.504 e. The molecule has 2 unspecified atom stereocenters. The third-order valence-corrected chi connectivity index (χ3v) is 5.06. The molecule has 4 rings (SSSR count). The van der Waals surface area contributed by atoms with E-state index in [0.717, 1.165) is 0 Å². The lowest BCUT2D eigenvalue weighted by molar-refractivity contribution is 0.398. The van der Waals surface area contributed by atoms with Gasteiger partial charge < -0.3 is 42.5 Å². The summed E-state index contributed by atoms with van der Waals surface area (Å²) in [4.78, 5) is 17.1. The van der Waals surface area contributed by atoms with Gasteiger partial charge in [0.2, 0.25) is 5.96 Å². The fourth-order valence-corrected chi connectivity index (χ4v) is 3.51. The summed E-state index contributed by atoms with van der Waals surface area (Å²) in [7, 11) is 0. The highest BCUT2D eigenvalue weighted by molar-refractivity contribution is 6.06. The summed E-state index contributed by atoms with van der Waals surface area (Å²) < 4.78 is 0. The predicted molar refractivity (Wildman–Crippen MR) is 131 cm³/mol. The summed E-state index contributed by atoms with van der Waals surface area (Å²) in [5, 5.41) is 51.7. The SMILES string of the molecule is CC1N=C(N)NC(=NCc2cc(CC3N=C(N)NC(Nc4cccc(O)c4O)=N3)cc(O)c2O)N1. The number of phenols is 4. The molecule has 35 heavy (non-hydrogen) atoms. The molecular weight excluding hydrogens is 456 g/mol. The maximum absolute atomic E-state index is 10.3. The Hall–Kier alpha value is -4.88. The Labute approximate surface area is 199 Å². The molecule has 2 aromatic rings. The van der Waals surface area contributed by atoms with E-state index in [4.69, 9.17) is 11.5 Å². The third-order valence-electron chi connectivity index (χ3n) is 5.06. The number of aliphatic imine (C=N–C) groups is 4. The molecule has 0 saturated heterocycles. The van der Waals surface area contributed by atoms with Gasteiger partial charge in [0.1, 0.15) is 6.17 Å². The number of hydrogen-bond acceptors (Lipinski definition) is 12. The number of nitrogens with one attached hydrogen (secondary N) is 4. The van der Waals surface area contributed by atoms with Crippen molar-refractivity contribution in [2.24, 2.45) is 31.4 Å². The van der Waals surface area contributed by atoms with E-state index in [0.29, 0.717) is 17.1 Å². The van der Waals surface area contributed by atoms with E-state index in [1.807, 2.05) is 6.92 Å². The van der Waals surface area contributed by atoms with Gasteiger partial charge in [0.15, 0.2) is 47.0 Å². The second-order valence-electron chi connectivity index (χ2n) is 7.85. The van der Waals surface area contributed by atoms with Gasteiger partial charge in [-0.1, -0.05) is 6.07 Å². The van der Waals surface area contributed by atoms with Crippen molar-refractivity contribution >= 4 is 29.5 Å². The lowest BCUT2D eigenvalue weighted by atomic mass is 10.0. The third kappa shape index (κ3) is 5.55. The van der Waals surface area contributed by atoms with Crippen LogP contribution >= 0.6 is 0 Å². The molecule has 2 aliphatic heterocycles. The monoisotopic (exact) mass is 482 g/mol. The van der Waals surface area contributed by atoms with Crippen molar-refractivity contribution in [2.45, 2.75) is 32.2 Å². The molecule has 2 aliphatic rings. The molecule has 2 atom stereocenters. The molecule has 12 N–H and O–H groups in total. The van der Waals surface area contributed by atoms with Crippen molar-refractivity contribution in [3.05, 3.63) is 41.5 Å². The number of anilines is 1. The van der Waals surface area contributed by atoms with Gasteiger partial charge in [-0.15, -0.1) is 0 Å². The lowest BCUT2D eigenvalue weighted by Gasteiger charge is -2.21.